The van der Waals surface area contributed by atoms with Crippen molar-refractivity contribution in [3.63, 3.8) is 0 Å². The molecule has 0 saturated carbocycles. The Balaban J connectivity index is 1.41. The number of aromatic nitrogens is 2. The van der Waals surface area contributed by atoms with E-state index in [2.05, 4.69) is 20.5 Å². The summed E-state index contributed by atoms with van der Waals surface area (Å²) in [5.74, 6) is 2.99. The molecule has 0 radical (unpaired) electrons. The van der Waals surface area contributed by atoms with E-state index in [4.69, 9.17) is 4.74 Å². The average molecular weight is 360 g/mol. The van der Waals surface area contributed by atoms with Gasteiger partial charge >= 0.3 is 0 Å². The molecule has 0 atom stereocenters. The third-order valence-electron chi connectivity index (χ3n) is 3.07. The summed E-state index contributed by atoms with van der Waals surface area (Å²) in [6, 6.07) is 9.37. The molecule has 124 valence electrons. The molecule has 0 spiro atoms. The Bertz CT molecular complexity index is 691. The van der Waals surface area contributed by atoms with Gasteiger partial charge in [0.15, 0.2) is 5.16 Å². The number of benzene rings is 1. The number of ether oxygens (including phenoxy) is 1. The fourth-order valence-electron chi connectivity index (χ4n) is 1.81. The minimum atomic E-state index is -0.203. The number of nitrogens with zero attached hydrogens (tertiary/aromatic N) is 3. The maximum absolute atomic E-state index is 11.7. The zero-order chi connectivity index (χ0) is 16.6. The first kappa shape index (κ1) is 16.8. The van der Waals surface area contributed by atoms with Gasteiger partial charge in [0.2, 0.25) is 0 Å². The van der Waals surface area contributed by atoms with Crippen molar-refractivity contribution in [1.29, 1.82) is 0 Å². The van der Waals surface area contributed by atoms with Crippen LogP contribution >= 0.6 is 23.5 Å². The summed E-state index contributed by atoms with van der Waals surface area (Å²) >= 11 is 3.15. The van der Waals surface area contributed by atoms with E-state index in [1.807, 2.05) is 36.0 Å². The van der Waals surface area contributed by atoms with E-state index in [1.54, 1.807) is 24.7 Å². The molecule has 8 heteroatoms. The molecule has 1 aromatic carbocycles. The number of rotatable bonds is 7. The highest BCUT2D eigenvalue weighted by Crippen LogP contribution is 2.23. The van der Waals surface area contributed by atoms with E-state index in [0.717, 1.165) is 22.8 Å². The Labute approximate surface area is 148 Å². The third kappa shape index (κ3) is 5.24. The number of hydrogen-bond donors (Lipinski definition) is 1. The minimum Gasteiger partial charge on any atom is -0.489 e. The lowest BCUT2D eigenvalue weighted by atomic mass is 10.2. The van der Waals surface area contributed by atoms with E-state index in [0.29, 0.717) is 11.3 Å². The number of hydrazone groups is 1. The highest BCUT2D eigenvalue weighted by molar-refractivity contribution is 8.00. The number of nitrogens with one attached hydrogen (secondary N) is 1. The van der Waals surface area contributed by atoms with Gasteiger partial charge in [0.25, 0.3) is 5.91 Å². The molecular weight excluding hydrogens is 344 g/mol. The Morgan fingerprint density at radius 2 is 2.08 bits per heavy atom. The van der Waals surface area contributed by atoms with Crippen molar-refractivity contribution in [3.8, 4) is 5.75 Å². The van der Waals surface area contributed by atoms with Gasteiger partial charge in [0.1, 0.15) is 11.9 Å². The molecule has 1 fully saturated rings. The van der Waals surface area contributed by atoms with Crippen LogP contribution in [0.3, 0.4) is 0 Å². The summed E-state index contributed by atoms with van der Waals surface area (Å²) in [4.78, 5) is 19.8. The second-order valence-corrected chi connectivity index (χ2v) is 6.98. The second-order valence-electron chi connectivity index (χ2n) is 4.96. The first-order valence-electron chi connectivity index (χ1n) is 7.36. The van der Waals surface area contributed by atoms with Gasteiger partial charge in [-0.2, -0.15) is 16.9 Å². The molecule has 0 aliphatic carbocycles. The number of hydrogen-bond acceptors (Lipinski definition) is 7. The van der Waals surface area contributed by atoms with Crippen LogP contribution < -0.4 is 10.2 Å². The number of thioether (sulfide) groups is 2. The lowest BCUT2D eigenvalue weighted by Gasteiger charge is -2.25. The molecular formula is C16H16N4O2S2. The predicted molar refractivity (Wildman–Crippen MR) is 96.7 cm³/mol. The molecule has 2 aromatic rings. The zero-order valence-corrected chi connectivity index (χ0v) is 14.4. The van der Waals surface area contributed by atoms with Crippen LogP contribution in [0.1, 0.15) is 5.56 Å². The minimum absolute atomic E-state index is 0.203. The molecule has 1 amide bonds. The standard InChI is InChI=1S/C16H16N4O2S2/c21-15(11-24-16-17-6-1-7-18-16)20-19-8-12-2-4-13(5-3-12)22-14-9-23-10-14/h1-8,14H,9-11H2,(H,20,21)/b19-8+. The molecule has 0 unspecified atom stereocenters. The Morgan fingerprint density at radius 3 is 2.75 bits per heavy atom. The highest BCUT2D eigenvalue weighted by atomic mass is 32.2. The summed E-state index contributed by atoms with van der Waals surface area (Å²) < 4.78 is 5.77. The van der Waals surface area contributed by atoms with Crippen LogP contribution in [0, 0.1) is 0 Å². The van der Waals surface area contributed by atoms with Crippen molar-refractivity contribution in [2.24, 2.45) is 5.10 Å². The first-order chi connectivity index (χ1) is 11.8. The fraction of sp³-hybridized carbons (Fsp3) is 0.250. The SMILES string of the molecule is O=C(CSc1ncccn1)N/N=C/c1ccc(OC2CSC2)cc1. The smallest absolute Gasteiger partial charge is 0.250 e. The van der Waals surface area contributed by atoms with Crippen LogP contribution in [0.4, 0.5) is 0 Å². The van der Waals surface area contributed by atoms with Crippen molar-refractivity contribution in [1.82, 2.24) is 15.4 Å². The van der Waals surface area contributed by atoms with E-state index in [1.165, 1.54) is 11.8 Å². The number of carbonyl (C=O) groups excluding carboxylic acids is 1. The van der Waals surface area contributed by atoms with Crippen LogP contribution in [0.25, 0.3) is 0 Å². The van der Waals surface area contributed by atoms with E-state index >= 15 is 0 Å². The molecule has 0 bridgehead atoms. The Kier molecular flexibility index (Phi) is 6.08. The maximum atomic E-state index is 11.7. The molecule has 6 nitrogen and oxygen atoms in total. The Hall–Kier alpha value is -2.06. The molecule has 3 rings (SSSR count). The van der Waals surface area contributed by atoms with Gasteiger partial charge in [0.05, 0.1) is 12.0 Å². The molecule has 1 N–H and O–H groups in total. The molecule has 1 aromatic heterocycles. The molecule has 24 heavy (non-hydrogen) atoms. The lowest BCUT2D eigenvalue weighted by Crippen LogP contribution is -2.30. The van der Waals surface area contributed by atoms with Crippen LogP contribution in [0.2, 0.25) is 0 Å². The maximum Gasteiger partial charge on any atom is 0.250 e. The number of carbonyl (C=O) groups is 1. The molecule has 1 aliphatic rings. The van der Waals surface area contributed by atoms with E-state index < -0.39 is 0 Å². The van der Waals surface area contributed by atoms with Gasteiger partial charge in [-0.25, -0.2) is 15.4 Å². The topological polar surface area (TPSA) is 76.5 Å². The molecule has 1 aliphatic heterocycles. The quantitative estimate of drug-likeness (QED) is 0.353. The fourth-order valence-corrected chi connectivity index (χ4v) is 2.97. The van der Waals surface area contributed by atoms with E-state index in [-0.39, 0.29) is 11.7 Å². The van der Waals surface area contributed by atoms with Crippen LogP contribution in [-0.2, 0) is 4.79 Å². The van der Waals surface area contributed by atoms with Crippen LogP contribution in [-0.4, -0.2) is 45.5 Å². The van der Waals surface area contributed by atoms with Crippen molar-refractivity contribution in [3.05, 3.63) is 48.3 Å². The van der Waals surface area contributed by atoms with Gasteiger partial charge in [-0.15, -0.1) is 0 Å². The number of amides is 1. The third-order valence-corrected chi connectivity index (χ3v) is 5.16. The second kappa shape index (κ2) is 8.70. The zero-order valence-electron chi connectivity index (χ0n) is 12.8. The largest absolute Gasteiger partial charge is 0.489 e. The van der Waals surface area contributed by atoms with E-state index in [9.17, 15) is 4.79 Å². The summed E-state index contributed by atoms with van der Waals surface area (Å²) in [5, 5.41) is 4.52. The van der Waals surface area contributed by atoms with Gasteiger partial charge in [-0.1, -0.05) is 11.8 Å². The van der Waals surface area contributed by atoms with Gasteiger partial charge in [0, 0.05) is 23.9 Å². The monoisotopic (exact) mass is 360 g/mol. The van der Waals surface area contributed by atoms with Crippen LogP contribution in [0.5, 0.6) is 5.75 Å². The van der Waals surface area contributed by atoms with Crippen LogP contribution in [0.15, 0.2) is 53.0 Å². The summed E-state index contributed by atoms with van der Waals surface area (Å²) in [7, 11) is 0. The molecule has 2 heterocycles. The van der Waals surface area contributed by atoms with Crippen molar-refractivity contribution in [2.45, 2.75) is 11.3 Å². The van der Waals surface area contributed by atoms with Crippen molar-refractivity contribution < 1.29 is 9.53 Å². The summed E-state index contributed by atoms with van der Waals surface area (Å²) in [6.07, 6.45) is 5.22. The van der Waals surface area contributed by atoms with Gasteiger partial charge < -0.3 is 4.74 Å². The van der Waals surface area contributed by atoms with Gasteiger partial charge in [-0.3, -0.25) is 4.79 Å². The normalized spacial score (nSPS) is 14.3. The van der Waals surface area contributed by atoms with Crippen molar-refractivity contribution >= 4 is 35.6 Å². The summed E-state index contributed by atoms with van der Waals surface area (Å²) in [6.45, 7) is 0. The van der Waals surface area contributed by atoms with Gasteiger partial charge in [-0.05, 0) is 35.9 Å². The lowest BCUT2D eigenvalue weighted by molar-refractivity contribution is -0.118. The van der Waals surface area contributed by atoms with Crippen molar-refractivity contribution in [2.75, 3.05) is 17.3 Å². The predicted octanol–water partition coefficient (Wildman–Crippen LogP) is 2.21. The Morgan fingerprint density at radius 1 is 1.33 bits per heavy atom. The molecule has 1 saturated heterocycles. The highest BCUT2D eigenvalue weighted by Gasteiger charge is 2.19. The summed E-state index contributed by atoms with van der Waals surface area (Å²) in [5.41, 5.74) is 3.38. The average Bonchev–Trinajstić information content (AvgIpc) is 2.58. The first-order valence-corrected chi connectivity index (χ1v) is 9.50.